The molecule has 0 bridgehead atoms. The lowest BCUT2D eigenvalue weighted by Gasteiger charge is -2.25. The number of carboxylic acid groups (broad SMARTS) is 1. The minimum Gasteiger partial charge on any atom is -0.464 e. The maximum atomic E-state index is 12.1. The second-order valence-corrected chi connectivity index (χ2v) is 5.89. The molecule has 0 saturated heterocycles. The molecule has 9 heteroatoms. The Morgan fingerprint density at radius 2 is 1.91 bits per heavy atom. The zero-order chi connectivity index (χ0) is 17.9. The number of anilines is 1. The lowest BCUT2D eigenvalue weighted by molar-refractivity contribution is 0.0581. The third kappa shape index (κ3) is 4.80. The molecular formula is C14H19BN2O6. The monoisotopic (exact) mass is 322 g/mol. The van der Waals surface area contributed by atoms with Crippen LogP contribution in [0, 0.1) is 0 Å². The number of pyridine rings is 1. The van der Waals surface area contributed by atoms with Crippen LogP contribution in [0.4, 0.5) is 15.4 Å². The summed E-state index contributed by atoms with van der Waals surface area (Å²) in [6.45, 7) is 10.1. The highest BCUT2D eigenvalue weighted by molar-refractivity contribution is 6.58. The first-order valence-corrected chi connectivity index (χ1v) is 6.72. The summed E-state index contributed by atoms with van der Waals surface area (Å²) in [5.74, 6) is -0.219. The Balaban J connectivity index is 3.40. The van der Waals surface area contributed by atoms with E-state index in [1.807, 2.05) is 0 Å². The van der Waals surface area contributed by atoms with E-state index in [0.717, 1.165) is 6.20 Å². The maximum absolute atomic E-state index is 12.1. The molecule has 3 N–H and O–H groups in total. The van der Waals surface area contributed by atoms with Crippen LogP contribution in [-0.4, -0.2) is 45.0 Å². The Hall–Kier alpha value is -2.39. The highest BCUT2D eigenvalue weighted by Gasteiger charge is 2.32. The number of imide groups is 1. The topological polar surface area (TPSA) is 120 Å². The van der Waals surface area contributed by atoms with Crippen molar-refractivity contribution in [3.8, 4) is 0 Å². The molecule has 1 aromatic rings. The zero-order valence-electron chi connectivity index (χ0n) is 13.4. The van der Waals surface area contributed by atoms with E-state index in [9.17, 15) is 24.7 Å². The normalized spacial score (nSPS) is 10.9. The number of carbonyl (C=O) groups is 2. The van der Waals surface area contributed by atoms with Gasteiger partial charge in [0.15, 0.2) is 5.82 Å². The molecule has 0 fully saturated rings. The first kappa shape index (κ1) is 18.7. The standard InChI is InChI=1S/C14H19BN2O6/c1-8(2)10-6-9(15(21)22)7-16-11(10)17(12(18)19)13(20)23-14(3,4)5/h6-7,21-22H,1H2,2-5H3,(H,18,19). The Morgan fingerprint density at radius 1 is 1.35 bits per heavy atom. The molecule has 1 aromatic heterocycles. The number of allylic oxidation sites excluding steroid dienone is 1. The van der Waals surface area contributed by atoms with Crippen molar-refractivity contribution < 1.29 is 29.5 Å². The molecule has 0 spiro atoms. The molecule has 0 radical (unpaired) electrons. The van der Waals surface area contributed by atoms with E-state index >= 15 is 0 Å². The van der Waals surface area contributed by atoms with Crippen molar-refractivity contribution in [2.75, 3.05) is 4.90 Å². The van der Waals surface area contributed by atoms with Gasteiger partial charge in [-0.25, -0.2) is 14.6 Å². The van der Waals surface area contributed by atoms with Crippen LogP contribution in [-0.2, 0) is 4.74 Å². The van der Waals surface area contributed by atoms with E-state index in [-0.39, 0.29) is 16.8 Å². The van der Waals surface area contributed by atoms with Crippen LogP contribution in [0.3, 0.4) is 0 Å². The van der Waals surface area contributed by atoms with Crippen LogP contribution in [0.5, 0.6) is 0 Å². The summed E-state index contributed by atoms with van der Waals surface area (Å²) in [6.07, 6.45) is -1.63. The molecule has 0 aliphatic carbocycles. The predicted octanol–water partition coefficient (Wildman–Crippen LogP) is 1.21. The van der Waals surface area contributed by atoms with Gasteiger partial charge in [-0.1, -0.05) is 6.58 Å². The van der Waals surface area contributed by atoms with Gasteiger partial charge in [0, 0.05) is 17.2 Å². The Morgan fingerprint density at radius 3 is 2.30 bits per heavy atom. The van der Waals surface area contributed by atoms with Crippen molar-refractivity contribution in [3.63, 3.8) is 0 Å². The average molecular weight is 322 g/mol. The SMILES string of the molecule is C=C(C)c1cc(B(O)O)cnc1N(C(=O)O)C(=O)OC(C)(C)C. The molecule has 0 atom stereocenters. The van der Waals surface area contributed by atoms with Gasteiger partial charge in [-0.3, -0.25) is 0 Å². The van der Waals surface area contributed by atoms with Crippen LogP contribution in [0.15, 0.2) is 18.8 Å². The first-order chi connectivity index (χ1) is 10.4. The summed E-state index contributed by atoms with van der Waals surface area (Å²) in [6, 6.07) is 1.30. The fourth-order valence-corrected chi connectivity index (χ4v) is 1.67. The summed E-state index contributed by atoms with van der Waals surface area (Å²) in [5.41, 5.74) is -0.273. The Bertz CT molecular complexity index is 639. The van der Waals surface area contributed by atoms with E-state index in [1.165, 1.54) is 6.07 Å². The summed E-state index contributed by atoms with van der Waals surface area (Å²) in [5, 5.41) is 27.7. The van der Waals surface area contributed by atoms with Crippen LogP contribution >= 0.6 is 0 Å². The molecule has 124 valence electrons. The number of hydrogen-bond acceptors (Lipinski definition) is 6. The maximum Gasteiger partial charge on any atom is 0.490 e. The van der Waals surface area contributed by atoms with Crippen molar-refractivity contribution in [3.05, 3.63) is 24.4 Å². The molecule has 0 unspecified atom stereocenters. The van der Waals surface area contributed by atoms with E-state index in [1.54, 1.807) is 27.7 Å². The summed E-state index contributed by atoms with van der Waals surface area (Å²) in [7, 11) is -1.78. The fourth-order valence-electron chi connectivity index (χ4n) is 1.67. The van der Waals surface area contributed by atoms with Crippen molar-refractivity contribution in [1.29, 1.82) is 0 Å². The van der Waals surface area contributed by atoms with Gasteiger partial charge in [0.25, 0.3) is 0 Å². The number of rotatable bonds is 3. The molecule has 8 nitrogen and oxygen atoms in total. The van der Waals surface area contributed by atoms with Gasteiger partial charge < -0.3 is 19.9 Å². The van der Waals surface area contributed by atoms with Crippen molar-refractivity contribution in [1.82, 2.24) is 4.98 Å². The lowest BCUT2D eigenvalue weighted by atomic mass is 9.80. The molecule has 2 amide bonds. The molecule has 23 heavy (non-hydrogen) atoms. The zero-order valence-corrected chi connectivity index (χ0v) is 13.4. The van der Waals surface area contributed by atoms with E-state index in [0.29, 0.717) is 10.5 Å². The van der Waals surface area contributed by atoms with Gasteiger partial charge in [-0.15, -0.1) is 0 Å². The highest BCUT2D eigenvalue weighted by Crippen LogP contribution is 2.25. The number of ether oxygens (including phenoxy) is 1. The molecule has 1 rings (SSSR count). The summed E-state index contributed by atoms with van der Waals surface area (Å²) >= 11 is 0. The van der Waals surface area contributed by atoms with E-state index < -0.39 is 24.9 Å². The molecular weight excluding hydrogens is 303 g/mol. The average Bonchev–Trinajstić information content (AvgIpc) is 2.35. The van der Waals surface area contributed by atoms with Gasteiger partial charge in [0.05, 0.1) is 0 Å². The first-order valence-electron chi connectivity index (χ1n) is 6.72. The molecule has 1 heterocycles. The van der Waals surface area contributed by atoms with Gasteiger partial charge in [-0.05, 0) is 39.3 Å². The van der Waals surface area contributed by atoms with Crippen LogP contribution in [0.1, 0.15) is 33.3 Å². The van der Waals surface area contributed by atoms with Gasteiger partial charge >= 0.3 is 19.3 Å². The van der Waals surface area contributed by atoms with Gasteiger partial charge in [0.2, 0.25) is 0 Å². The third-order valence-electron chi connectivity index (χ3n) is 2.62. The van der Waals surface area contributed by atoms with Crippen LogP contribution in [0.25, 0.3) is 5.57 Å². The summed E-state index contributed by atoms with van der Waals surface area (Å²) in [4.78, 5) is 27.8. The molecule has 0 aliphatic rings. The Labute approximate surface area is 134 Å². The Kier molecular flexibility index (Phi) is 5.52. The van der Waals surface area contributed by atoms with Crippen LogP contribution in [0.2, 0.25) is 0 Å². The summed E-state index contributed by atoms with van der Waals surface area (Å²) < 4.78 is 5.07. The third-order valence-corrected chi connectivity index (χ3v) is 2.62. The number of amides is 2. The van der Waals surface area contributed by atoms with Crippen molar-refractivity contribution in [2.45, 2.75) is 33.3 Å². The van der Waals surface area contributed by atoms with Crippen molar-refractivity contribution in [2.24, 2.45) is 0 Å². The minimum atomic E-state index is -1.78. The van der Waals surface area contributed by atoms with E-state index in [2.05, 4.69) is 11.6 Å². The fraction of sp³-hybridized carbons (Fsp3) is 0.357. The van der Waals surface area contributed by atoms with Gasteiger partial charge in [0.1, 0.15) is 5.60 Å². The van der Waals surface area contributed by atoms with Gasteiger partial charge in [-0.2, -0.15) is 4.90 Å². The molecule has 0 aliphatic heterocycles. The second-order valence-electron chi connectivity index (χ2n) is 5.89. The molecule has 0 saturated carbocycles. The number of carbonyl (C=O) groups excluding carboxylic acids is 1. The molecule has 0 aromatic carbocycles. The minimum absolute atomic E-state index is 0.0428. The number of nitrogens with zero attached hydrogens (tertiary/aromatic N) is 2. The van der Waals surface area contributed by atoms with Crippen molar-refractivity contribution >= 4 is 36.2 Å². The predicted molar refractivity (Wildman–Crippen MR) is 85.5 cm³/mol. The quantitative estimate of drug-likeness (QED) is 0.715. The van der Waals surface area contributed by atoms with E-state index in [4.69, 9.17) is 4.74 Å². The number of hydrogen-bond donors (Lipinski definition) is 3. The second kappa shape index (κ2) is 6.80. The smallest absolute Gasteiger partial charge is 0.464 e. The van der Waals surface area contributed by atoms with Crippen LogP contribution < -0.4 is 10.4 Å². The highest BCUT2D eigenvalue weighted by atomic mass is 16.6. The number of aromatic nitrogens is 1. The lowest BCUT2D eigenvalue weighted by Crippen LogP contribution is -2.42. The largest absolute Gasteiger partial charge is 0.490 e.